The Morgan fingerprint density at radius 3 is 2.85 bits per heavy atom. The van der Waals surface area contributed by atoms with E-state index in [0.29, 0.717) is 12.2 Å². The van der Waals surface area contributed by atoms with Gasteiger partial charge in [0.1, 0.15) is 0 Å². The van der Waals surface area contributed by atoms with Gasteiger partial charge < -0.3 is 10.6 Å². The van der Waals surface area contributed by atoms with Crippen molar-refractivity contribution in [1.29, 1.82) is 0 Å². The Kier molecular flexibility index (Phi) is 3.02. The van der Waals surface area contributed by atoms with Crippen LogP contribution >= 0.6 is 0 Å². The normalized spacial score (nSPS) is 13.3. The van der Waals surface area contributed by atoms with Crippen LogP contribution in [0.1, 0.15) is 11.1 Å². The van der Waals surface area contributed by atoms with Crippen molar-refractivity contribution < 1.29 is 4.92 Å². The molecule has 102 valence electrons. The third-order valence-electron chi connectivity index (χ3n) is 3.68. The summed E-state index contributed by atoms with van der Waals surface area (Å²) in [6, 6.07) is 12.8. The second kappa shape index (κ2) is 4.85. The van der Waals surface area contributed by atoms with Crippen LogP contribution in [0.15, 0.2) is 42.5 Å². The van der Waals surface area contributed by atoms with E-state index >= 15 is 0 Å². The Balaban J connectivity index is 1.89. The molecule has 0 aromatic heterocycles. The highest BCUT2D eigenvalue weighted by Crippen LogP contribution is 2.30. The number of fused-ring (bicyclic) bond motifs is 1. The van der Waals surface area contributed by atoms with Gasteiger partial charge in [-0.2, -0.15) is 0 Å². The number of rotatable bonds is 3. The quantitative estimate of drug-likeness (QED) is 0.528. The maximum Gasteiger partial charge on any atom is 0.269 e. The van der Waals surface area contributed by atoms with Gasteiger partial charge in [0.2, 0.25) is 0 Å². The van der Waals surface area contributed by atoms with Gasteiger partial charge >= 0.3 is 0 Å². The lowest BCUT2D eigenvalue weighted by Gasteiger charge is -2.20. The third-order valence-corrected chi connectivity index (χ3v) is 3.68. The number of para-hydroxylation sites is 1. The molecule has 2 aromatic carbocycles. The highest BCUT2D eigenvalue weighted by Gasteiger charge is 2.20. The van der Waals surface area contributed by atoms with Gasteiger partial charge in [-0.25, -0.2) is 0 Å². The molecule has 0 aliphatic carbocycles. The molecule has 0 amide bonds. The van der Waals surface area contributed by atoms with E-state index in [-0.39, 0.29) is 10.6 Å². The molecule has 0 saturated heterocycles. The standard InChI is InChI=1S/C15H15N3O2/c16-14-6-5-13(18(19)20)9-12(14)10-17-8-7-11-3-1-2-4-15(11)17/h1-6,9H,7-8,10,16H2. The van der Waals surface area contributed by atoms with Gasteiger partial charge in [0.05, 0.1) is 4.92 Å². The van der Waals surface area contributed by atoms with Crippen molar-refractivity contribution in [3.8, 4) is 0 Å². The maximum absolute atomic E-state index is 10.9. The van der Waals surface area contributed by atoms with Gasteiger partial charge in [0.15, 0.2) is 0 Å². The first-order valence-corrected chi connectivity index (χ1v) is 6.51. The Labute approximate surface area is 116 Å². The van der Waals surface area contributed by atoms with E-state index in [1.165, 1.54) is 17.3 Å². The zero-order valence-electron chi connectivity index (χ0n) is 11.0. The molecule has 0 spiro atoms. The van der Waals surface area contributed by atoms with E-state index in [0.717, 1.165) is 18.5 Å². The van der Waals surface area contributed by atoms with Crippen LogP contribution in [0.25, 0.3) is 0 Å². The van der Waals surface area contributed by atoms with Crippen LogP contribution in [0.4, 0.5) is 17.1 Å². The summed E-state index contributed by atoms with van der Waals surface area (Å²) in [5, 5.41) is 10.9. The van der Waals surface area contributed by atoms with E-state index in [4.69, 9.17) is 5.73 Å². The fourth-order valence-electron chi connectivity index (χ4n) is 2.62. The summed E-state index contributed by atoms with van der Waals surface area (Å²) in [4.78, 5) is 12.7. The summed E-state index contributed by atoms with van der Waals surface area (Å²) in [6.45, 7) is 1.52. The van der Waals surface area contributed by atoms with Crippen LogP contribution in [-0.4, -0.2) is 11.5 Å². The molecule has 0 saturated carbocycles. The monoisotopic (exact) mass is 269 g/mol. The topological polar surface area (TPSA) is 72.4 Å². The van der Waals surface area contributed by atoms with Crippen molar-refractivity contribution in [1.82, 2.24) is 0 Å². The lowest BCUT2D eigenvalue weighted by molar-refractivity contribution is -0.384. The molecule has 1 aliphatic rings. The van der Waals surface area contributed by atoms with Crippen LogP contribution in [0, 0.1) is 10.1 Å². The molecular formula is C15H15N3O2. The van der Waals surface area contributed by atoms with Crippen LogP contribution in [0.3, 0.4) is 0 Å². The van der Waals surface area contributed by atoms with Gasteiger partial charge in [-0.3, -0.25) is 10.1 Å². The molecule has 0 unspecified atom stereocenters. The number of nitrogens with two attached hydrogens (primary N) is 1. The minimum absolute atomic E-state index is 0.0849. The number of hydrogen-bond donors (Lipinski definition) is 1. The summed E-state index contributed by atoms with van der Waals surface area (Å²) >= 11 is 0. The van der Waals surface area contributed by atoms with Crippen molar-refractivity contribution in [3.05, 3.63) is 63.7 Å². The predicted molar refractivity (Wildman–Crippen MR) is 78.7 cm³/mol. The van der Waals surface area contributed by atoms with E-state index in [1.807, 2.05) is 12.1 Å². The molecule has 0 radical (unpaired) electrons. The number of anilines is 2. The SMILES string of the molecule is Nc1ccc([N+](=O)[O-])cc1CN1CCc2ccccc21. The number of hydrogen-bond acceptors (Lipinski definition) is 4. The second-order valence-corrected chi connectivity index (χ2v) is 4.94. The van der Waals surface area contributed by atoms with Gasteiger partial charge in [-0.05, 0) is 24.1 Å². The lowest BCUT2D eigenvalue weighted by atomic mass is 10.1. The summed E-state index contributed by atoms with van der Waals surface area (Å²) in [5.41, 5.74) is 9.93. The first kappa shape index (κ1) is 12.5. The highest BCUT2D eigenvalue weighted by atomic mass is 16.6. The highest BCUT2D eigenvalue weighted by molar-refractivity contribution is 5.60. The van der Waals surface area contributed by atoms with Crippen molar-refractivity contribution in [2.24, 2.45) is 0 Å². The molecule has 2 N–H and O–H groups in total. The summed E-state index contributed by atoms with van der Waals surface area (Å²) < 4.78 is 0. The fourth-order valence-corrected chi connectivity index (χ4v) is 2.62. The smallest absolute Gasteiger partial charge is 0.269 e. The van der Waals surface area contributed by atoms with Gasteiger partial charge in [-0.1, -0.05) is 18.2 Å². The number of nitrogen functional groups attached to an aromatic ring is 1. The van der Waals surface area contributed by atoms with E-state index in [1.54, 1.807) is 12.1 Å². The van der Waals surface area contributed by atoms with E-state index in [2.05, 4.69) is 17.0 Å². The van der Waals surface area contributed by atoms with Crippen molar-refractivity contribution in [3.63, 3.8) is 0 Å². The number of nitro benzene ring substituents is 1. The summed E-state index contributed by atoms with van der Waals surface area (Å²) in [6.07, 6.45) is 1.00. The largest absolute Gasteiger partial charge is 0.398 e. The predicted octanol–water partition coefficient (Wildman–Crippen LogP) is 2.74. The Hall–Kier alpha value is -2.56. The minimum atomic E-state index is -0.388. The van der Waals surface area contributed by atoms with Crippen molar-refractivity contribution in [2.45, 2.75) is 13.0 Å². The van der Waals surface area contributed by atoms with Crippen LogP contribution in [0.5, 0.6) is 0 Å². The molecule has 5 heteroatoms. The molecule has 5 nitrogen and oxygen atoms in total. The van der Waals surface area contributed by atoms with Crippen molar-refractivity contribution >= 4 is 17.1 Å². The zero-order valence-corrected chi connectivity index (χ0v) is 11.0. The Morgan fingerprint density at radius 1 is 1.25 bits per heavy atom. The molecule has 2 aromatic rings. The summed E-state index contributed by atoms with van der Waals surface area (Å²) in [7, 11) is 0. The average molecular weight is 269 g/mol. The van der Waals surface area contributed by atoms with Gasteiger partial charge in [0.25, 0.3) is 5.69 Å². The molecule has 0 fully saturated rings. The minimum Gasteiger partial charge on any atom is -0.398 e. The molecule has 20 heavy (non-hydrogen) atoms. The molecule has 0 bridgehead atoms. The Morgan fingerprint density at radius 2 is 2.05 bits per heavy atom. The molecule has 0 atom stereocenters. The first-order valence-electron chi connectivity index (χ1n) is 6.51. The van der Waals surface area contributed by atoms with Gasteiger partial charge in [0, 0.05) is 42.2 Å². The van der Waals surface area contributed by atoms with Crippen LogP contribution in [-0.2, 0) is 13.0 Å². The number of non-ortho nitro benzene ring substituents is 1. The summed E-state index contributed by atoms with van der Waals surface area (Å²) in [5.74, 6) is 0. The second-order valence-electron chi connectivity index (χ2n) is 4.94. The van der Waals surface area contributed by atoms with E-state index < -0.39 is 0 Å². The van der Waals surface area contributed by atoms with Crippen LogP contribution < -0.4 is 10.6 Å². The fraction of sp³-hybridized carbons (Fsp3) is 0.200. The third kappa shape index (κ3) is 2.18. The number of benzene rings is 2. The molecule has 3 rings (SSSR count). The van der Waals surface area contributed by atoms with Crippen molar-refractivity contribution in [2.75, 3.05) is 17.2 Å². The zero-order chi connectivity index (χ0) is 14.1. The van der Waals surface area contributed by atoms with Gasteiger partial charge in [-0.15, -0.1) is 0 Å². The van der Waals surface area contributed by atoms with E-state index in [9.17, 15) is 10.1 Å². The Bertz CT molecular complexity index is 670. The first-order chi connectivity index (χ1) is 9.65. The maximum atomic E-state index is 10.9. The molecular weight excluding hydrogens is 254 g/mol. The average Bonchev–Trinajstić information content (AvgIpc) is 2.84. The molecule has 1 heterocycles. The molecule has 1 aliphatic heterocycles. The number of nitro groups is 1. The van der Waals surface area contributed by atoms with Crippen LogP contribution in [0.2, 0.25) is 0 Å². The number of nitrogens with zero attached hydrogens (tertiary/aromatic N) is 2. The lowest BCUT2D eigenvalue weighted by Crippen LogP contribution is -2.20.